The first-order chi connectivity index (χ1) is 12.4. The number of rotatable bonds is 5. The van der Waals surface area contributed by atoms with E-state index in [1.54, 1.807) is 23.4 Å². The zero-order valence-electron chi connectivity index (χ0n) is 14.2. The number of amides is 2. The van der Waals surface area contributed by atoms with E-state index >= 15 is 0 Å². The van der Waals surface area contributed by atoms with Crippen molar-refractivity contribution in [3.8, 4) is 0 Å². The molecule has 10 heteroatoms. The number of carbonyl (C=O) groups excluding carboxylic acids is 2. The molecular formula is C16H19ClN6O2S. The summed E-state index contributed by atoms with van der Waals surface area (Å²) < 4.78 is 0. The topological polar surface area (TPSA) is 99.0 Å². The van der Waals surface area contributed by atoms with Crippen LogP contribution in [0.3, 0.4) is 0 Å². The third kappa shape index (κ3) is 5.50. The van der Waals surface area contributed by atoms with Crippen LogP contribution < -0.4 is 10.6 Å². The quantitative estimate of drug-likeness (QED) is 0.454. The van der Waals surface area contributed by atoms with Crippen LogP contribution in [0.25, 0.3) is 0 Å². The van der Waals surface area contributed by atoms with Crippen molar-refractivity contribution in [2.24, 2.45) is 9.98 Å². The molecule has 0 radical (unpaired) electrons. The predicted molar refractivity (Wildman–Crippen MR) is 105 cm³/mol. The minimum atomic E-state index is -0.368. The minimum Gasteiger partial charge on any atom is -0.335 e. The summed E-state index contributed by atoms with van der Waals surface area (Å²) >= 11 is 6.95. The lowest BCUT2D eigenvalue weighted by Gasteiger charge is -2.14. The van der Waals surface area contributed by atoms with Gasteiger partial charge in [-0.15, -0.1) is 11.3 Å². The smallest absolute Gasteiger partial charge is 0.273 e. The Morgan fingerprint density at radius 3 is 2.96 bits per heavy atom. The third-order valence-corrected chi connectivity index (χ3v) is 4.31. The Balaban J connectivity index is 1.98. The number of allylic oxidation sites excluding steroid dienone is 1. The highest BCUT2D eigenvalue weighted by Crippen LogP contribution is 2.20. The molecule has 1 fully saturated rings. The number of aromatic nitrogens is 1. The number of thiazole rings is 1. The Kier molecular flexibility index (Phi) is 7.05. The average Bonchev–Trinajstić information content (AvgIpc) is 3.27. The van der Waals surface area contributed by atoms with Crippen LogP contribution >= 0.6 is 22.9 Å². The number of hydrogen-bond acceptors (Lipinski definition) is 5. The van der Waals surface area contributed by atoms with Crippen LogP contribution in [-0.4, -0.2) is 53.5 Å². The van der Waals surface area contributed by atoms with Crippen LogP contribution in [0.15, 0.2) is 39.3 Å². The maximum Gasteiger partial charge on any atom is 0.273 e. The maximum absolute atomic E-state index is 12.5. The molecule has 138 valence electrons. The van der Waals surface area contributed by atoms with E-state index in [1.165, 1.54) is 11.3 Å². The SMILES string of the molecule is C=CC(=O)Nc1nc(C(=O)N2CC[C@@H](N=C(N=C)N/C=C(\C)Cl)C2)cs1. The molecule has 26 heavy (non-hydrogen) atoms. The summed E-state index contributed by atoms with van der Waals surface area (Å²) in [5, 5.41) is 7.94. The standard InChI is InChI=1S/C16H19ClN6O2S/c1-4-13(24)22-16-21-12(9-26-16)14(25)23-6-5-11(8-23)20-15(18-3)19-7-10(2)17/h4,7,9,11H,1,3,5-6,8H2,2H3,(H,19,20)(H,21,22,24)/b10-7+/t11-/m1/s1. The van der Waals surface area contributed by atoms with Gasteiger partial charge in [-0.2, -0.15) is 0 Å². The zero-order chi connectivity index (χ0) is 19.1. The van der Waals surface area contributed by atoms with E-state index in [2.05, 4.69) is 38.9 Å². The molecule has 0 spiro atoms. The minimum absolute atomic E-state index is 0.0884. The van der Waals surface area contributed by atoms with E-state index in [9.17, 15) is 9.59 Å². The molecule has 0 unspecified atom stereocenters. The van der Waals surface area contributed by atoms with Gasteiger partial charge in [0.25, 0.3) is 5.91 Å². The van der Waals surface area contributed by atoms with Crippen LogP contribution in [0.1, 0.15) is 23.8 Å². The highest BCUT2D eigenvalue weighted by Gasteiger charge is 2.28. The van der Waals surface area contributed by atoms with Gasteiger partial charge < -0.3 is 10.2 Å². The predicted octanol–water partition coefficient (Wildman–Crippen LogP) is 2.23. The Labute approximate surface area is 160 Å². The zero-order valence-corrected chi connectivity index (χ0v) is 15.8. The number of anilines is 1. The lowest BCUT2D eigenvalue weighted by atomic mass is 10.3. The van der Waals surface area contributed by atoms with Crippen molar-refractivity contribution >= 4 is 52.6 Å². The highest BCUT2D eigenvalue weighted by atomic mass is 35.5. The molecule has 1 aliphatic rings. The van der Waals surface area contributed by atoms with E-state index in [-0.39, 0.29) is 17.9 Å². The van der Waals surface area contributed by atoms with Crippen molar-refractivity contribution in [2.45, 2.75) is 19.4 Å². The number of nitrogens with one attached hydrogen (secondary N) is 2. The fourth-order valence-corrected chi connectivity index (χ4v) is 2.98. The largest absolute Gasteiger partial charge is 0.335 e. The molecule has 0 saturated carbocycles. The molecule has 1 aromatic rings. The van der Waals surface area contributed by atoms with Crippen LogP contribution in [0.4, 0.5) is 5.13 Å². The van der Waals surface area contributed by atoms with Crippen LogP contribution in [0.2, 0.25) is 0 Å². The molecule has 2 rings (SSSR count). The molecule has 1 aliphatic heterocycles. The molecule has 1 atom stereocenters. The Morgan fingerprint density at radius 2 is 2.31 bits per heavy atom. The van der Waals surface area contributed by atoms with Gasteiger partial charge in [0.05, 0.1) is 6.04 Å². The van der Waals surface area contributed by atoms with E-state index < -0.39 is 0 Å². The van der Waals surface area contributed by atoms with Crippen molar-refractivity contribution in [3.63, 3.8) is 0 Å². The summed E-state index contributed by atoms with van der Waals surface area (Å²) in [5.41, 5.74) is 0.292. The lowest BCUT2D eigenvalue weighted by molar-refractivity contribution is -0.111. The normalized spacial score (nSPS) is 17.8. The summed E-state index contributed by atoms with van der Waals surface area (Å²) in [7, 11) is 0. The number of nitrogens with zero attached hydrogens (tertiary/aromatic N) is 4. The van der Waals surface area contributed by atoms with E-state index in [0.717, 1.165) is 6.08 Å². The van der Waals surface area contributed by atoms with Crippen molar-refractivity contribution in [1.29, 1.82) is 0 Å². The van der Waals surface area contributed by atoms with Gasteiger partial charge in [0, 0.05) is 29.7 Å². The van der Waals surface area contributed by atoms with E-state index in [4.69, 9.17) is 11.6 Å². The van der Waals surface area contributed by atoms with Gasteiger partial charge in [-0.1, -0.05) is 18.2 Å². The first-order valence-electron chi connectivity index (χ1n) is 7.74. The summed E-state index contributed by atoms with van der Waals surface area (Å²) in [6.07, 6.45) is 3.42. The third-order valence-electron chi connectivity index (χ3n) is 3.44. The van der Waals surface area contributed by atoms with Crippen LogP contribution in [-0.2, 0) is 4.79 Å². The number of halogens is 1. The van der Waals surface area contributed by atoms with E-state index in [1.807, 2.05) is 0 Å². The van der Waals surface area contributed by atoms with Gasteiger partial charge in [0.15, 0.2) is 5.13 Å². The molecule has 2 heterocycles. The monoisotopic (exact) mass is 394 g/mol. The number of aliphatic imine (C=N–C) groups is 2. The Bertz CT molecular complexity index is 769. The molecule has 0 aromatic carbocycles. The second-order valence-corrected chi connectivity index (χ2v) is 6.87. The number of carbonyl (C=O) groups is 2. The first-order valence-corrected chi connectivity index (χ1v) is 9.00. The second kappa shape index (κ2) is 9.25. The fraction of sp³-hybridized carbons (Fsp3) is 0.312. The second-order valence-electron chi connectivity index (χ2n) is 5.41. The van der Waals surface area contributed by atoms with Crippen molar-refractivity contribution < 1.29 is 9.59 Å². The van der Waals surface area contributed by atoms with Crippen LogP contribution in [0, 0.1) is 0 Å². The van der Waals surface area contributed by atoms with Crippen molar-refractivity contribution in [3.05, 3.63) is 35.0 Å². The summed E-state index contributed by atoms with van der Waals surface area (Å²) in [5.74, 6) is -0.213. The molecule has 1 aromatic heterocycles. The van der Waals surface area contributed by atoms with E-state index in [0.29, 0.717) is 41.3 Å². The number of guanidine groups is 1. The molecule has 0 bridgehead atoms. The van der Waals surface area contributed by atoms with Gasteiger partial charge in [-0.25, -0.2) is 15.0 Å². The molecule has 8 nitrogen and oxygen atoms in total. The number of likely N-dealkylation sites (tertiary alicyclic amines) is 1. The highest BCUT2D eigenvalue weighted by molar-refractivity contribution is 7.14. The average molecular weight is 395 g/mol. The van der Waals surface area contributed by atoms with Crippen molar-refractivity contribution in [2.75, 3.05) is 18.4 Å². The summed E-state index contributed by atoms with van der Waals surface area (Å²) in [6.45, 7) is 9.59. The first kappa shape index (κ1) is 19.8. The van der Waals surface area contributed by atoms with Crippen LogP contribution in [0.5, 0.6) is 0 Å². The Morgan fingerprint density at radius 1 is 1.54 bits per heavy atom. The van der Waals surface area contributed by atoms with Gasteiger partial charge in [0.1, 0.15) is 5.69 Å². The fourth-order valence-electron chi connectivity index (χ4n) is 2.24. The molecule has 2 amide bonds. The molecule has 0 aliphatic carbocycles. The van der Waals surface area contributed by atoms with Gasteiger partial charge >= 0.3 is 0 Å². The maximum atomic E-state index is 12.5. The molecule has 1 saturated heterocycles. The van der Waals surface area contributed by atoms with Crippen molar-refractivity contribution in [1.82, 2.24) is 15.2 Å². The summed E-state index contributed by atoms with van der Waals surface area (Å²) in [4.78, 5) is 37.9. The number of hydrogen-bond donors (Lipinski definition) is 2. The summed E-state index contributed by atoms with van der Waals surface area (Å²) in [6, 6.07) is -0.0884. The van der Waals surface area contributed by atoms with Gasteiger partial charge in [-0.05, 0) is 26.1 Å². The van der Waals surface area contributed by atoms with Gasteiger partial charge in [-0.3, -0.25) is 14.9 Å². The Hall–Kier alpha value is -2.52. The molecular weight excluding hydrogens is 376 g/mol. The lowest BCUT2D eigenvalue weighted by Crippen LogP contribution is -2.30. The van der Waals surface area contributed by atoms with Gasteiger partial charge in [0.2, 0.25) is 11.9 Å². The molecule has 2 N–H and O–H groups in total.